The summed E-state index contributed by atoms with van der Waals surface area (Å²) in [5.41, 5.74) is 1.44. The summed E-state index contributed by atoms with van der Waals surface area (Å²) < 4.78 is 11.1. The fourth-order valence-corrected chi connectivity index (χ4v) is 1.72. The average Bonchev–Trinajstić information content (AvgIpc) is 2.04. The van der Waals surface area contributed by atoms with Crippen molar-refractivity contribution in [2.75, 3.05) is 13.2 Å². The van der Waals surface area contributed by atoms with Gasteiger partial charge >= 0.3 is 0 Å². The Morgan fingerprint density at radius 1 is 1.36 bits per heavy atom. The fraction of sp³-hybridized carbons (Fsp3) is 0.778. The van der Waals surface area contributed by atoms with Crippen molar-refractivity contribution in [2.45, 2.75) is 32.0 Å². The number of hydrogen-bond acceptors (Lipinski definition) is 2. The van der Waals surface area contributed by atoms with Gasteiger partial charge in [-0.1, -0.05) is 11.6 Å². The first-order chi connectivity index (χ1) is 5.36. The molecule has 0 amide bonds. The smallest absolute Gasteiger partial charge is 0.102 e. The minimum atomic E-state index is 0.248. The van der Waals surface area contributed by atoms with E-state index in [9.17, 15) is 0 Å². The molecule has 0 aromatic heterocycles. The second-order valence-electron chi connectivity index (χ2n) is 3.30. The van der Waals surface area contributed by atoms with Crippen LogP contribution in [0.3, 0.4) is 0 Å². The van der Waals surface area contributed by atoms with Gasteiger partial charge in [-0.25, -0.2) is 0 Å². The average molecular weight is 154 g/mol. The van der Waals surface area contributed by atoms with Gasteiger partial charge in [0.15, 0.2) is 0 Å². The number of rotatable bonds is 0. The van der Waals surface area contributed by atoms with E-state index in [0.29, 0.717) is 6.10 Å². The zero-order valence-corrected chi connectivity index (χ0v) is 6.88. The SMILES string of the molecule is CC1=CC2OCCOC2CC1. The molecule has 0 radical (unpaired) electrons. The maximum Gasteiger partial charge on any atom is 0.102 e. The zero-order chi connectivity index (χ0) is 7.68. The van der Waals surface area contributed by atoms with Crippen LogP contribution in [0.4, 0.5) is 0 Å². The molecule has 11 heavy (non-hydrogen) atoms. The normalized spacial score (nSPS) is 37.7. The second-order valence-corrected chi connectivity index (χ2v) is 3.30. The van der Waals surface area contributed by atoms with Crippen LogP contribution in [0.25, 0.3) is 0 Å². The van der Waals surface area contributed by atoms with Gasteiger partial charge in [0.05, 0.1) is 19.3 Å². The van der Waals surface area contributed by atoms with Crippen LogP contribution < -0.4 is 0 Å². The predicted molar refractivity (Wildman–Crippen MR) is 42.5 cm³/mol. The van der Waals surface area contributed by atoms with E-state index < -0.39 is 0 Å². The van der Waals surface area contributed by atoms with Gasteiger partial charge in [0.1, 0.15) is 6.10 Å². The standard InChI is InChI=1S/C9H14O2/c1-7-2-3-8-9(6-7)11-5-4-10-8/h6,8-9H,2-5H2,1H3. The van der Waals surface area contributed by atoms with Crippen LogP contribution in [0.15, 0.2) is 11.6 Å². The molecule has 1 saturated heterocycles. The van der Waals surface area contributed by atoms with E-state index in [0.717, 1.165) is 19.6 Å². The van der Waals surface area contributed by atoms with E-state index >= 15 is 0 Å². The summed E-state index contributed by atoms with van der Waals surface area (Å²) >= 11 is 0. The molecule has 1 heterocycles. The molecule has 1 aliphatic carbocycles. The van der Waals surface area contributed by atoms with Crippen molar-refractivity contribution in [3.63, 3.8) is 0 Å². The van der Waals surface area contributed by atoms with Gasteiger partial charge in [0.2, 0.25) is 0 Å². The quantitative estimate of drug-likeness (QED) is 0.492. The van der Waals surface area contributed by atoms with Gasteiger partial charge in [0, 0.05) is 0 Å². The Kier molecular flexibility index (Phi) is 1.96. The Balaban J connectivity index is 2.07. The lowest BCUT2D eigenvalue weighted by Crippen LogP contribution is -2.39. The highest BCUT2D eigenvalue weighted by Gasteiger charge is 2.27. The molecule has 1 fully saturated rings. The molecule has 2 aliphatic rings. The van der Waals surface area contributed by atoms with E-state index in [1.165, 1.54) is 12.0 Å². The molecule has 0 N–H and O–H groups in total. The van der Waals surface area contributed by atoms with Gasteiger partial charge in [-0.2, -0.15) is 0 Å². The Bertz CT molecular complexity index is 174. The summed E-state index contributed by atoms with van der Waals surface area (Å²) in [6.07, 6.45) is 5.09. The molecule has 62 valence electrons. The van der Waals surface area contributed by atoms with Crippen LogP contribution in [-0.4, -0.2) is 25.4 Å². The minimum absolute atomic E-state index is 0.248. The van der Waals surface area contributed by atoms with Crippen molar-refractivity contribution in [1.29, 1.82) is 0 Å². The highest BCUT2D eigenvalue weighted by Crippen LogP contribution is 2.24. The number of hydrogen-bond donors (Lipinski definition) is 0. The van der Waals surface area contributed by atoms with Crippen molar-refractivity contribution in [3.8, 4) is 0 Å². The van der Waals surface area contributed by atoms with Gasteiger partial charge in [0.25, 0.3) is 0 Å². The summed E-state index contributed by atoms with van der Waals surface area (Å²) in [6.45, 7) is 3.69. The predicted octanol–water partition coefficient (Wildman–Crippen LogP) is 1.51. The van der Waals surface area contributed by atoms with Gasteiger partial charge in [-0.05, 0) is 19.8 Å². The topological polar surface area (TPSA) is 18.5 Å². The van der Waals surface area contributed by atoms with Crippen LogP contribution >= 0.6 is 0 Å². The molecule has 0 aromatic rings. The third-order valence-corrected chi connectivity index (χ3v) is 2.36. The van der Waals surface area contributed by atoms with Crippen molar-refractivity contribution < 1.29 is 9.47 Å². The molecule has 2 unspecified atom stereocenters. The van der Waals surface area contributed by atoms with Crippen molar-refractivity contribution in [3.05, 3.63) is 11.6 Å². The molecule has 1 aliphatic heterocycles. The molecule has 2 nitrogen and oxygen atoms in total. The highest BCUT2D eigenvalue weighted by molar-refractivity contribution is 5.09. The summed E-state index contributed by atoms with van der Waals surface area (Å²) in [5, 5.41) is 0. The summed E-state index contributed by atoms with van der Waals surface area (Å²) in [4.78, 5) is 0. The van der Waals surface area contributed by atoms with E-state index in [1.807, 2.05) is 0 Å². The van der Waals surface area contributed by atoms with Gasteiger partial charge in [-0.15, -0.1) is 0 Å². The third kappa shape index (κ3) is 1.47. The lowest BCUT2D eigenvalue weighted by Gasteiger charge is -2.33. The number of allylic oxidation sites excluding steroid dienone is 1. The van der Waals surface area contributed by atoms with Crippen molar-refractivity contribution >= 4 is 0 Å². The van der Waals surface area contributed by atoms with Crippen LogP contribution in [0.5, 0.6) is 0 Å². The molecule has 2 rings (SSSR count). The molecule has 2 atom stereocenters. The molecule has 0 saturated carbocycles. The van der Waals surface area contributed by atoms with Crippen molar-refractivity contribution in [2.24, 2.45) is 0 Å². The first-order valence-electron chi connectivity index (χ1n) is 4.27. The van der Waals surface area contributed by atoms with E-state index in [1.54, 1.807) is 0 Å². The molecule has 0 aromatic carbocycles. The first kappa shape index (κ1) is 7.32. The summed E-state index contributed by atoms with van der Waals surface area (Å²) in [6, 6.07) is 0. The first-order valence-corrected chi connectivity index (χ1v) is 4.27. The lowest BCUT2D eigenvalue weighted by atomic mass is 9.95. The maximum absolute atomic E-state index is 5.56. The minimum Gasteiger partial charge on any atom is -0.373 e. The Morgan fingerprint density at radius 2 is 2.18 bits per heavy atom. The molecule has 0 spiro atoms. The molecule has 2 heteroatoms. The molecule has 0 bridgehead atoms. The van der Waals surface area contributed by atoms with E-state index in [-0.39, 0.29) is 6.10 Å². The van der Waals surface area contributed by atoms with Crippen LogP contribution in [0, 0.1) is 0 Å². The van der Waals surface area contributed by atoms with Crippen LogP contribution in [0.1, 0.15) is 19.8 Å². The van der Waals surface area contributed by atoms with Gasteiger partial charge < -0.3 is 9.47 Å². The highest BCUT2D eigenvalue weighted by atomic mass is 16.6. The Labute approximate surface area is 67.2 Å². The second kappa shape index (κ2) is 2.95. The molecular weight excluding hydrogens is 140 g/mol. The Hall–Kier alpha value is -0.340. The summed E-state index contributed by atoms with van der Waals surface area (Å²) in [7, 11) is 0. The van der Waals surface area contributed by atoms with E-state index in [4.69, 9.17) is 9.47 Å². The molecular formula is C9H14O2. The fourth-order valence-electron chi connectivity index (χ4n) is 1.72. The maximum atomic E-state index is 5.56. The number of fused-ring (bicyclic) bond motifs is 1. The summed E-state index contributed by atoms with van der Waals surface area (Å²) in [5.74, 6) is 0. The van der Waals surface area contributed by atoms with Crippen molar-refractivity contribution in [1.82, 2.24) is 0 Å². The Morgan fingerprint density at radius 3 is 3.09 bits per heavy atom. The van der Waals surface area contributed by atoms with Crippen LogP contribution in [0.2, 0.25) is 0 Å². The van der Waals surface area contributed by atoms with Crippen LogP contribution in [-0.2, 0) is 9.47 Å². The third-order valence-electron chi connectivity index (χ3n) is 2.36. The zero-order valence-electron chi connectivity index (χ0n) is 6.88. The monoisotopic (exact) mass is 154 g/mol. The lowest BCUT2D eigenvalue weighted by molar-refractivity contribution is -0.126. The van der Waals surface area contributed by atoms with E-state index in [2.05, 4.69) is 13.0 Å². The largest absolute Gasteiger partial charge is 0.373 e. The number of ether oxygens (including phenoxy) is 2. The van der Waals surface area contributed by atoms with Gasteiger partial charge in [-0.3, -0.25) is 0 Å².